The van der Waals surface area contributed by atoms with Gasteiger partial charge in [-0.1, -0.05) is 37.8 Å². The Labute approximate surface area is 275 Å². The molecule has 0 spiro atoms. The number of halogens is 3. The molecule has 258 valence electrons. The number of H-pyrrole nitrogens is 1. The molecular formula is C33H39F3N6O6. The number of carbonyl (C=O) groups is 4. The number of fused-ring (bicyclic) bond motifs is 1. The number of amides is 3. The molecule has 15 heteroatoms. The molecule has 0 fully saturated rings. The van der Waals surface area contributed by atoms with Crippen LogP contribution in [0.1, 0.15) is 64.8 Å². The van der Waals surface area contributed by atoms with E-state index in [2.05, 4.69) is 25.9 Å². The average molecular weight is 673 g/mol. The molecule has 3 amide bonds. The Hall–Kier alpha value is -5.34. The molecule has 0 saturated carbocycles. The van der Waals surface area contributed by atoms with Gasteiger partial charge >= 0.3 is 18.2 Å². The van der Waals surface area contributed by atoms with Gasteiger partial charge in [0.05, 0.1) is 11.9 Å². The Morgan fingerprint density at radius 2 is 1.65 bits per heavy atom. The highest BCUT2D eigenvalue weighted by atomic mass is 19.4. The number of anilines is 1. The van der Waals surface area contributed by atoms with Crippen molar-refractivity contribution in [3.8, 4) is 0 Å². The number of aromatic nitrogens is 3. The van der Waals surface area contributed by atoms with Gasteiger partial charge in [-0.25, -0.2) is 14.6 Å². The van der Waals surface area contributed by atoms with Gasteiger partial charge in [-0.2, -0.15) is 13.2 Å². The van der Waals surface area contributed by atoms with E-state index in [1.54, 1.807) is 27.0 Å². The molecule has 0 aliphatic heterocycles. The van der Waals surface area contributed by atoms with E-state index >= 15 is 0 Å². The van der Waals surface area contributed by atoms with Gasteiger partial charge < -0.3 is 35.3 Å². The van der Waals surface area contributed by atoms with E-state index in [1.165, 1.54) is 20.0 Å². The second kappa shape index (κ2) is 14.2. The molecule has 2 atom stereocenters. The van der Waals surface area contributed by atoms with Crippen LogP contribution in [0, 0.1) is 0 Å². The van der Waals surface area contributed by atoms with Crippen LogP contribution in [-0.4, -0.2) is 60.7 Å². The van der Waals surface area contributed by atoms with E-state index in [4.69, 9.17) is 4.74 Å². The molecule has 0 aliphatic rings. The summed E-state index contributed by atoms with van der Waals surface area (Å²) in [5.74, 6) is -2.84. The standard InChI is InChI=1S/C32H35F3N6O6.CH4/c1-30(2,3)47-29(46)40-31(4,5)28(45)38-23(14-19-15-36-22-9-7-6-8-21(19)22)26(42)39-24-16-41(17-37-24)25(27(43)44)18-10-12-20(13-11-18)32(33,34)35;/h6-13,15-17,23,25,36H,14H2,1-5H3,(H,38,45)(H,39,42)(H,40,46)(H,43,44);1H4. The predicted octanol–water partition coefficient (Wildman–Crippen LogP) is 5.66. The van der Waals surface area contributed by atoms with Gasteiger partial charge in [0, 0.05) is 29.7 Å². The molecule has 0 radical (unpaired) electrons. The molecule has 0 aliphatic carbocycles. The van der Waals surface area contributed by atoms with Crippen molar-refractivity contribution in [1.29, 1.82) is 0 Å². The topological polar surface area (TPSA) is 167 Å². The molecule has 4 aromatic rings. The lowest BCUT2D eigenvalue weighted by atomic mass is 10.0. The number of benzene rings is 2. The summed E-state index contributed by atoms with van der Waals surface area (Å²) < 4.78 is 45.5. The summed E-state index contributed by atoms with van der Waals surface area (Å²) in [6.45, 7) is 7.91. The van der Waals surface area contributed by atoms with Crippen LogP contribution < -0.4 is 16.0 Å². The Morgan fingerprint density at radius 3 is 2.25 bits per heavy atom. The summed E-state index contributed by atoms with van der Waals surface area (Å²) in [5, 5.41) is 18.5. The van der Waals surface area contributed by atoms with Crippen LogP contribution in [0.2, 0.25) is 0 Å². The first-order chi connectivity index (χ1) is 21.8. The number of nitrogens with zero attached hydrogens (tertiary/aromatic N) is 2. The first-order valence-corrected chi connectivity index (χ1v) is 14.5. The molecule has 0 bridgehead atoms. The minimum atomic E-state index is -4.59. The van der Waals surface area contributed by atoms with Crippen molar-refractivity contribution in [3.63, 3.8) is 0 Å². The molecule has 0 saturated heterocycles. The quantitative estimate of drug-likeness (QED) is 0.145. The van der Waals surface area contributed by atoms with E-state index in [0.717, 1.165) is 46.1 Å². The molecule has 2 aromatic carbocycles. The van der Waals surface area contributed by atoms with Gasteiger partial charge in [0.1, 0.15) is 17.2 Å². The number of para-hydroxylation sites is 1. The predicted molar refractivity (Wildman–Crippen MR) is 172 cm³/mol. The number of alkyl halides is 3. The number of carbonyl (C=O) groups excluding carboxylic acids is 3. The number of rotatable bonds is 10. The van der Waals surface area contributed by atoms with E-state index in [1.807, 2.05) is 24.3 Å². The number of aliphatic carboxylic acids is 1. The van der Waals surface area contributed by atoms with Crippen LogP contribution in [0.4, 0.5) is 23.8 Å². The fraction of sp³-hybridized carbons (Fsp3) is 0.364. The second-order valence-corrected chi connectivity index (χ2v) is 12.4. The van der Waals surface area contributed by atoms with Crippen molar-refractivity contribution < 1.29 is 42.2 Å². The van der Waals surface area contributed by atoms with Gasteiger partial charge in [0.2, 0.25) is 11.8 Å². The van der Waals surface area contributed by atoms with E-state index in [-0.39, 0.29) is 25.2 Å². The number of hydrogen-bond acceptors (Lipinski definition) is 6. The maximum absolute atomic E-state index is 13.6. The van der Waals surface area contributed by atoms with Crippen molar-refractivity contribution in [2.24, 2.45) is 0 Å². The Balaban J connectivity index is 0.00000625. The zero-order chi connectivity index (χ0) is 34.7. The number of carboxylic acid groups (broad SMARTS) is 1. The van der Waals surface area contributed by atoms with Crippen molar-refractivity contribution in [2.45, 2.75) is 77.9 Å². The van der Waals surface area contributed by atoms with Gasteiger partial charge in [-0.15, -0.1) is 0 Å². The minimum absolute atomic E-state index is 0. The lowest BCUT2D eigenvalue weighted by molar-refractivity contribution is -0.139. The maximum atomic E-state index is 13.6. The van der Waals surface area contributed by atoms with Crippen LogP contribution in [0.3, 0.4) is 0 Å². The molecule has 4 rings (SSSR count). The second-order valence-electron chi connectivity index (χ2n) is 12.4. The largest absolute Gasteiger partial charge is 0.479 e. The summed E-state index contributed by atoms with van der Waals surface area (Å²) in [7, 11) is 0. The summed E-state index contributed by atoms with van der Waals surface area (Å²) >= 11 is 0. The molecule has 48 heavy (non-hydrogen) atoms. The van der Waals surface area contributed by atoms with Crippen molar-refractivity contribution in [1.82, 2.24) is 25.2 Å². The number of imidazole rings is 1. The molecule has 2 heterocycles. The zero-order valence-electron chi connectivity index (χ0n) is 26.2. The fourth-order valence-electron chi connectivity index (χ4n) is 4.74. The first-order valence-electron chi connectivity index (χ1n) is 14.5. The number of ether oxygens (including phenoxy) is 1. The van der Waals surface area contributed by atoms with E-state index in [9.17, 15) is 37.5 Å². The Bertz CT molecular complexity index is 1770. The first kappa shape index (κ1) is 37.1. The summed E-state index contributed by atoms with van der Waals surface area (Å²) in [6, 6.07) is 8.38. The normalized spacial score (nSPS) is 13.2. The van der Waals surface area contributed by atoms with Crippen LogP contribution in [-0.2, 0) is 31.7 Å². The molecule has 12 nitrogen and oxygen atoms in total. The summed E-state index contributed by atoms with van der Waals surface area (Å²) in [5.41, 5.74) is -1.69. The third kappa shape index (κ3) is 9.14. The Morgan fingerprint density at radius 1 is 1.00 bits per heavy atom. The highest BCUT2D eigenvalue weighted by Gasteiger charge is 2.35. The van der Waals surface area contributed by atoms with Crippen molar-refractivity contribution in [2.75, 3.05) is 5.32 Å². The van der Waals surface area contributed by atoms with Crippen LogP contribution >= 0.6 is 0 Å². The number of alkyl carbamates (subject to hydrolysis) is 1. The minimum Gasteiger partial charge on any atom is -0.479 e. The Kier molecular flexibility index (Phi) is 11.0. The van der Waals surface area contributed by atoms with Crippen molar-refractivity contribution >= 4 is 40.6 Å². The molecule has 2 unspecified atom stereocenters. The lowest BCUT2D eigenvalue weighted by Crippen LogP contribution is -2.59. The smallest absolute Gasteiger partial charge is 0.416 e. The number of hydrogen-bond donors (Lipinski definition) is 5. The average Bonchev–Trinajstić information content (AvgIpc) is 3.58. The van der Waals surface area contributed by atoms with Gasteiger partial charge in [-0.3, -0.25) is 9.59 Å². The van der Waals surface area contributed by atoms with Crippen LogP contribution in [0.25, 0.3) is 10.9 Å². The van der Waals surface area contributed by atoms with Gasteiger partial charge in [0.15, 0.2) is 11.9 Å². The third-order valence-corrected chi connectivity index (χ3v) is 7.04. The van der Waals surface area contributed by atoms with E-state index < -0.39 is 58.8 Å². The fourth-order valence-corrected chi connectivity index (χ4v) is 4.74. The molecule has 2 aromatic heterocycles. The number of carboxylic acids is 1. The highest BCUT2D eigenvalue weighted by Crippen LogP contribution is 2.31. The number of aromatic amines is 1. The van der Waals surface area contributed by atoms with Crippen LogP contribution in [0.15, 0.2) is 67.3 Å². The van der Waals surface area contributed by atoms with Gasteiger partial charge in [-0.05, 0) is 63.9 Å². The SMILES string of the molecule is C.CC(C)(C)OC(=O)NC(C)(C)C(=O)NC(Cc1c[nH]c2ccccc12)C(=O)Nc1cn(C(C(=O)O)c2ccc(C(F)(F)F)cc2)cn1. The summed E-state index contributed by atoms with van der Waals surface area (Å²) in [4.78, 5) is 58.8. The number of nitrogens with one attached hydrogen (secondary N) is 4. The van der Waals surface area contributed by atoms with E-state index in [0.29, 0.717) is 5.56 Å². The third-order valence-electron chi connectivity index (χ3n) is 7.04. The van der Waals surface area contributed by atoms with Crippen LogP contribution in [0.5, 0.6) is 0 Å². The monoisotopic (exact) mass is 672 g/mol. The molecular weight excluding hydrogens is 633 g/mol. The summed E-state index contributed by atoms with van der Waals surface area (Å²) in [6.07, 6.45) is -1.36. The lowest BCUT2D eigenvalue weighted by Gasteiger charge is -2.29. The zero-order valence-corrected chi connectivity index (χ0v) is 26.2. The van der Waals surface area contributed by atoms with Gasteiger partial charge in [0.25, 0.3) is 0 Å². The molecule has 5 N–H and O–H groups in total. The van der Waals surface area contributed by atoms with Crippen molar-refractivity contribution in [3.05, 3.63) is 83.9 Å². The highest BCUT2D eigenvalue weighted by molar-refractivity contribution is 5.99. The maximum Gasteiger partial charge on any atom is 0.416 e.